The van der Waals surface area contributed by atoms with Crippen LogP contribution < -0.4 is 0 Å². The highest BCUT2D eigenvalue weighted by Crippen LogP contribution is 2.25. The highest BCUT2D eigenvalue weighted by atomic mass is 16.5. The van der Waals surface area contributed by atoms with Crippen molar-refractivity contribution >= 4 is 0 Å². The van der Waals surface area contributed by atoms with Crippen LogP contribution in [0.2, 0.25) is 0 Å². The average molecular weight is 213 g/mol. The van der Waals surface area contributed by atoms with Crippen LogP contribution >= 0.6 is 0 Å². The molecule has 2 rings (SSSR count). The molecule has 15 heavy (non-hydrogen) atoms. The molecule has 1 N–H and O–H groups in total. The SMILES string of the molecule is CN(CC1CCOCC1)C1CCCC1O. The summed E-state index contributed by atoms with van der Waals surface area (Å²) < 4.78 is 5.36. The van der Waals surface area contributed by atoms with Gasteiger partial charge in [-0.2, -0.15) is 0 Å². The smallest absolute Gasteiger partial charge is 0.0695 e. The van der Waals surface area contributed by atoms with E-state index in [1.54, 1.807) is 0 Å². The Labute approximate surface area is 92.4 Å². The second-order valence-corrected chi connectivity index (χ2v) is 5.06. The maximum atomic E-state index is 9.82. The molecule has 88 valence electrons. The molecule has 0 spiro atoms. The molecule has 0 aromatic carbocycles. The van der Waals surface area contributed by atoms with Gasteiger partial charge < -0.3 is 14.7 Å². The van der Waals surface area contributed by atoms with Gasteiger partial charge in [0, 0.05) is 25.8 Å². The van der Waals surface area contributed by atoms with Crippen LogP contribution in [0.5, 0.6) is 0 Å². The van der Waals surface area contributed by atoms with Crippen LogP contribution in [0.25, 0.3) is 0 Å². The highest BCUT2D eigenvalue weighted by Gasteiger charge is 2.29. The molecular formula is C12H23NO2. The van der Waals surface area contributed by atoms with Gasteiger partial charge in [-0.25, -0.2) is 0 Å². The van der Waals surface area contributed by atoms with Gasteiger partial charge in [-0.1, -0.05) is 0 Å². The Bertz CT molecular complexity index is 192. The summed E-state index contributed by atoms with van der Waals surface area (Å²) in [5, 5.41) is 9.82. The van der Waals surface area contributed by atoms with Gasteiger partial charge in [0.25, 0.3) is 0 Å². The summed E-state index contributed by atoms with van der Waals surface area (Å²) in [4.78, 5) is 2.37. The van der Waals surface area contributed by atoms with Crippen LogP contribution in [0, 0.1) is 5.92 Å². The van der Waals surface area contributed by atoms with E-state index in [1.165, 1.54) is 25.7 Å². The number of nitrogens with zero attached hydrogens (tertiary/aromatic N) is 1. The fourth-order valence-corrected chi connectivity index (χ4v) is 2.91. The van der Waals surface area contributed by atoms with E-state index in [2.05, 4.69) is 11.9 Å². The third-order valence-corrected chi connectivity index (χ3v) is 3.90. The lowest BCUT2D eigenvalue weighted by Gasteiger charge is -2.32. The lowest BCUT2D eigenvalue weighted by Crippen LogP contribution is -2.41. The Morgan fingerprint density at radius 2 is 1.93 bits per heavy atom. The van der Waals surface area contributed by atoms with E-state index < -0.39 is 0 Å². The van der Waals surface area contributed by atoms with Crippen molar-refractivity contribution in [3.8, 4) is 0 Å². The van der Waals surface area contributed by atoms with E-state index in [0.29, 0.717) is 6.04 Å². The summed E-state index contributed by atoms with van der Waals surface area (Å²) in [6, 6.07) is 0.410. The number of hydrogen-bond acceptors (Lipinski definition) is 3. The Balaban J connectivity index is 1.77. The molecular weight excluding hydrogens is 190 g/mol. The number of hydrogen-bond donors (Lipinski definition) is 1. The molecule has 0 bridgehead atoms. The molecule has 0 aromatic rings. The average Bonchev–Trinajstić information content (AvgIpc) is 2.66. The number of ether oxygens (including phenoxy) is 1. The number of likely N-dealkylation sites (N-methyl/N-ethyl adjacent to an activating group) is 1. The first-order valence-electron chi connectivity index (χ1n) is 6.23. The van der Waals surface area contributed by atoms with Crippen molar-refractivity contribution in [2.24, 2.45) is 5.92 Å². The Morgan fingerprint density at radius 1 is 1.20 bits per heavy atom. The lowest BCUT2D eigenvalue weighted by molar-refractivity contribution is 0.0341. The van der Waals surface area contributed by atoms with Crippen LogP contribution in [0.3, 0.4) is 0 Å². The van der Waals surface area contributed by atoms with E-state index in [1.807, 2.05) is 0 Å². The molecule has 0 radical (unpaired) electrons. The van der Waals surface area contributed by atoms with Crippen molar-refractivity contribution in [2.75, 3.05) is 26.8 Å². The van der Waals surface area contributed by atoms with Crippen LogP contribution in [0.1, 0.15) is 32.1 Å². The largest absolute Gasteiger partial charge is 0.391 e. The normalized spacial score (nSPS) is 33.8. The minimum Gasteiger partial charge on any atom is -0.391 e. The first-order valence-corrected chi connectivity index (χ1v) is 6.23. The Kier molecular flexibility index (Phi) is 4.00. The van der Waals surface area contributed by atoms with Gasteiger partial charge in [-0.3, -0.25) is 0 Å². The van der Waals surface area contributed by atoms with Crippen molar-refractivity contribution in [1.82, 2.24) is 4.90 Å². The van der Waals surface area contributed by atoms with Gasteiger partial charge in [0.15, 0.2) is 0 Å². The summed E-state index contributed by atoms with van der Waals surface area (Å²) >= 11 is 0. The second-order valence-electron chi connectivity index (χ2n) is 5.06. The zero-order chi connectivity index (χ0) is 10.7. The summed E-state index contributed by atoms with van der Waals surface area (Å²) in [5.41, 5.74) is 0. The third-order valence-electron chi connectivity index (χ3n) is 3.90. The quantitative estimate of drug-likeness (QED) is 0.766. The lowest BCUT2D eigenvalue weighted by atomic mass is 9.99. The molecule has 1 aliphatic heterocycles. The molecule has 1 heterocycles. The zero-order valence-electron chi connectivity index (χ0n) is 9.69. The molecule has 2 atom stereocenters. The monoisotopic (exact) mass is 213 g/mol. The summed E-state index contributed by atoms with van der Waals surface area (Å²) in [7, 11) is 2.16. The molecule has 2 unspecified atom stereocenters. The zero-order valence-corrected chi connectivity index (χ0v) is 9.69. The van der Waals surface area contributed by atoms with Crippen LogP contribution in [0.15, 0.2) is 0 Å². The van der Waals surface area contributed by atoms with Gasteiger partial charge in [-0.05, 0) is 45.1 Å². The summed E-state index contributed by atoms with van der Waals surface area (Å²) in [6.45, 7) is 2.97. The van der Waals surface area contributed by atoms with E-state index in [4.69, 9.17) is 4.74 Å². The fourth-order valence-electron chi connectivity index (χ4n) is 2.91. The minimum atomic E-state index is -0.0881. The molecule has 2 aliphatic rings. The summed E-state index contributed by atoms with van der Waals surface area (Å²) in [5.74, 6) is 0.775. The maximum absolute atomic E-state index is 9.82. The van der Waals surface area contributed by atoms with Gasteiger partial charge in [0.1, 0.15) is 0 Å². The fraction of sp³-hybridized carbons (Fsp3) is 1.00. The van der Waals surface area contributed by atoms with Crippen molar-refractivity contribution in [3.63, 3.8) is 0 Å². The number of aliphatic hydroxyl groups excluding tert-OH is 1. The van der Waals surface area contributed by atoms with E-state index in [9.17, 15) is 5.11 Å². The van der Waals surface area contributed by atoms with E-state index in [-0.39, 0.29) is 6.10 Å². The molecule has 0 aromatic heterocycles. The van der Waals surface area contributed by atoms with Crippen LogP contribution in [-0.2, 0) is 4.74 Å². The van der Waals surface area contributed by atoms with Gasteiger partial charge in [0.05, 0.1) is 6.10 Å². The Morgan fingerprint density at radius 3 is 2.53 bits per heavy atom. The highest BCUT2D eigenvalue weighted by molar-refractivity contribution is 4.84. The minimum absolute atomic E-state index is 0.0881. The molecule has 1 aliphatic carbocycles. The van der Waals surface area contributed by atoms with Crippen LogP contribution in [-0.4, -0.2) is 49.0 Å². The van der Waals surface area contributed by atoms with Crippen LogP contribution in [0.4, 0.5) is 0 Å². The topological polar surface area (TPSA) is 32.7 Å². The van der Waals surface area contributed by atoms with E-state index in [0.717, 1.165) is 32.1 Å². The molecule has 3 heteroatoms. The molecule has 3 nitrogen and oxygen atoms in total. The van der Waals surface area contributed by atoms with Crippen molar-refractivity contribution in [1.29, 1.82) is 0 Å². The molecule has 0 amide bonds. The predicted octanol–water partition coefficient (Wildman–Crippen LogP) is 1.26. The maximum Gasteiger partial charge on any atom is 0.0695 e. The van der Waals surface area contributed by atoms with Gasteiger partial charge in [-0.15, -0.1) is 0 Å². The first kappa shape index (κ1) is 11.4. The molecule has 2 fully saturated rings. The van der Waals surface area contributed by atoms with Crippen molar-refractivity contribution in [3.05, 3.63) is 0 Å². The summed E-state index contributed by atoms with van der Waals surface area (Å²) in [6.07, 6.45) is 5.63. The number of rotatable bonds is 3. The van der Waals surface area contributed by atoms with Crippen molar-refractivity contribution < 1.29 is 9.84 Å². The Hall–Kier alpha value is -0.120. The standard InChI is InChI=1S/C12H23NO2/c1-13(11-3-2-4-12(11)14)9-10-5-7-15-8-6-10/h10-12,14H,2-9H2,1H3. The van der Waals surface area contributed by atoms with E-state index >= 15 is 0 Å². The first-order chi connectivity index (χ1) is 7.27. The molecule has 1 saturated heterocycles. The second kappa shape index (κ2) is 5.28. The molecule has 1 saturated carbocycles. The van der Waals surface area contributed by atoms with Gasteiger partial charge >= 0.3 is 0 Å². The number of aliphatic hydroxyl groups is 1. The van der Waals surface area contributed by atoms with Crippen molar-refractivity contribution in [2.45, 2.75) is 44.2 Å². The predicted molar refractivity (Wildman–Crippen MR) is 59.8 cm³/mol. The third kappa shape index (κ3) is 2.92. The van der Waals surface area contributed by atoms with Gasteiger partial charge in [0.2, 0.25) is 0 Å².